The van der Waals surface area contributed by atoms with Gasteiger partial charge in [0.2, 0.25) is 10.1 Å². The summed E-state index contributed by atoms with van der Waals surface area (Å²) in [6, 6.07) is 3.10. The third kappa shape index (κ3) is 5.01. The topological polar surface area (TPSA) is 102 Å². The van der Waals surface area contributed by atoms with Crippen molar-refractivity contribution in [3.63, 3.8) is 0 Å². The Balaban J connectivity index is 2.22. The van der Waals surface area contributed by atoms with E-state index in [1.165, 1.54) is 23.1 Å². The van der Waals surface area contributed by atoms with Crippen molar-refractivity contribution in [2.24, 2.45) is 0 Å². The highest BCUT2D eigenvalue weighted by Crippen LogP contribution is 2.27. The van der Waals surface area contributed by atoms with Crippen molar-refractivity contribution in [1.82, 2.24) is 14.5 Å². The average Bonchev–Trinajstić information content (AvgIpc) is 3.09. The molecule has 26 heavy (non-hydrogen) atoms. The van der Waals surface area contributed by atoms with Crippen molar-refractivity contribution in [2.75, 3.05) is 32.7 Å². The lowest BCUT2D eigenvalue weighted by molar-refractivity contribution is -0.130. The van der Waals surface area contributed by atoms with Gasteiger partial charge in [0.25, 0.3) is 0 Å². The van der Waals surface area contributed by atoms with Gasteiger partial charge in [0.15, 0.2) is 10.4 Å². The molecule has 1 N–H and O–H groups in total. The van der Waals surface area contributed by atoms with Gasteiger partial charge in [-0.2, -0.15) is 0 Å². The molecule has 8 nitrogen and oxygen atoms in total. The van der Waals surface area contributed by atoms with Crippen LogP contribution < -0.4 is 5.32 Å². The second-order valence-corrected chi connectivity index (χ2v) is 8.63. The van der Waals surface area contributed by atoms with Gasteiger partial charge >= 0.3 is 6.09 Å². The molecule has 1 fully saturated rings. The number of sulfonamides is 1. The Morgan fingerprint density at radius 2 is 2.23 bits per heavy atom. The smallest absolute Gasteiger partial charge is 0.407 e. The molecule has 1 aromatic heterocycles. The van der Waals surface area contributed by atoms with Gasteiger partial charge in [-0.25, -0.2) is 4.79 Å². The molecule has 1 aliphatic heterocycles. The number of thiophene rings is 1. The average molecular weight is 399 g/mol. The minimum absolute atomic E-state index is 0.0861. The number of nitrogens with one attached hydrogen (secondary N) is 1. The summed E-state index contributed by atoms with van der Waals surface area (Å²) in [5.74, 6) is -0.373. The Kier molecular flexibility index (Phi) is 7.09. The largest absolute Gasteiger partial charge is 0.592 e. The van der Waals surface area contributed by atoms with Gasteiger partial charge in [0, 0.05) is 19.2 Å². The number of ether oxygens (including phenoxy) is 1. The number of amides is 2. The van der Waals surface area contributed by atoms with E-state index in [-0.39, 0.29) is 42.8 Å². The molecule has 0 aliphatic carbocycles. The van der Waals surface area contributed by atoms with Crippen LogP contribution in [0.4, 0.5) is 4.79 Å². The molecule has 1 saturated heterocycles. The van der Waals surface area contributed by atoms with Gasteiger partial charge in [-0.05, 0) is 11.4 Å². The number of carbonyl (C=O) groups excluding carboxylic acids is 2. The normalized spacial score (nSPS) is 20.7. The first kappa shape index (κ1) is 20.3. The van der Waals surface area contributed by atoms with Gasteiger partial charge in [-0.3, -0.25) is 4.79 Å². The highest BCUT2D eigenvalue weighted by atomic mass is 32.3. The Hall–Kier alpha value is -2.01. The summed E-state index contributed by atoms with van der Waals surface area (Å²) in [4.78, 5) is 25.7. The molecule has 0 radical (unpaired) electrons. The minimum atomic E-state index is -3.85. The van der Waals surface area contributed by atoms with Crippen LogP contribution in [0.3, 0.4) is 0 Å². The lowest BCUT2D eigenvalue weighted by Gasteiger charge is -2.26. The summed E-state index contributed by atoms with van der Waals surface area (Å²) in [6.45, 7) is 7.21. The van der Waals surface area contributed by atoms with Crippen molar-refractivity contribution in [3.05, 3.63) is 42.8 Å². The van der Waals surface area contributed by atoms with Gasteiger partial charge in [-0.1, -0.05) is 27.7 Å². The Labute approximate surface area is 157 Å². The van der Waals surface area contributed by atoms with Gasteiger partial charge < -0.3 is 19.5 Å². The quantitative estimate of drug-likeness (QED) is 0.549. The summed E-state index contributed by atoms with van der Waals surface area (Å²) < 4.78 is 32.1. The van der Waals surface area contributed by atoms with Crippen LogP contribution in [0.5, 0.6) is 0 Å². The number of rotatable bonds is 7. The van der Waals surface area contributed by atoms with Crippen LogP contribution in [0.2, 0.25) is 0 Å². The molecule has 0 saturated carbocycles. The maximum absolute atomic E-state index is 12.8. The number of hydrogen-bond acceptors (Lipinski definition) is 6. The fraction of sp³-hybridized carbons (Fsp3) is 0.375. The lowest BCUT2D eigenvalue weighted by Crippen LogP contribution is -2.44. The predicted molar refractivity (Wildman–Crippen MR) is 98.2 cm³/mol. The van der Waals surface area contributed by atoms with E-state index < -0.39 is 22.6 Å². The third-order valence-electron chi connectivity index (χ3n) is 3.60. The summed E-state index contributed by atoms with van der Waals surface area (Å²) in [5.41, 5.74) is 0. The minimum Gasteiger partial charge on any atom is -0.592 e. The van der Waals surface area contributed by atoms with Gasteiger partial charge in [0.05, 0.1) is 13.1 Å². The van der Waals surface area contributed by atoms with Crippen LogP contribution >= 0.6 is 11.3 Å². The highest BCUT2D eigenvalue weighted by Gasteiger charge is 2.40. The number of nitrogens with zero attached hydrogens (tertiary/aromatic N) is 2. The molecule has 2 amide bonds. The molecule has 1 aromatic rings. The van der Waals surface area contributed by atoms with Crippen LogP contribution in [0.25, 0.3) is 0 Å². The van der Waals surface area contributed by atoms with Crippen molar-refractivity contribution in [3.8, 4) is 0 Å². The monoisotopic (exact) mass is 399 g/mol. The lowest BCUT2D eigenvalue weighted by atomic mass is 10.3. The summed E-state index contributed by atoms with van der Waals surface area (Å²) in [7, 11) is -3.85. The van der Waals surface area contributed by atoms with Crippen LogP contribution in [0.15, 0.2) is 47.0 Å². The third-order valence-corrected chi connectivity index (χ3v) is 6.78. The molecule has 1 aliphatic rings. The van der Waals surface area contributed by atoms with E-state index in [0.29, 0.717) is 0 Å². The fourth-order valence-corrected chi connectivity index (χ4v) is 4.99. The van der Waals surface area contributed by atoms with E-state index >= 15 is 0 Å². The van der Waals surface area contributed by atoms with E-state index in [9.17, 15) is 18.4 Å². The molecule has 2 atom stereocenters. The van der Waals surface area contributed by atoms with Crippen LogP contribution in [-0.4, -0.2) is 64.6 Å². The number of alkyl carbamates (subject to hydrolysis) is 1. The molecular formula is C16H21N3O5S2. The Morgan fingerprint density at radius 3 is 2.85 bits per heavy atom. The maximum Gasteiger partial charge on any atom is 0.407 e. The highest BCUT2D eigenvalue weighted by molar-refractivity contribution is 7.97. The molecule has 2 unspecified atom stereocenters. The Bertz CT molecular complexity index is 707. The second-order valence-electron chi connectivity index (χ2n) is 5.51. The summed E-state index contributed by atoms with van der Waals surface area (Å²) >= 11 is 1.07. The van der Waals surface area contributed by atoms with Gasteiger partial charge in [-0.15, -0.1) is 17.5 Å². The van der Waals surface area contributed by atoms with E-state index in [4.69, 9.17) is 4.74 Å². The Morgan fingerprint density at radius 1 is 1.46 bits per heavy atom. The number of carbonyl (C=O) groups is 2. The SMILES string of the molecule is C=CCNC(=O)OC1CN(CC=C)C(=O)CN([S+](=O)([O-])c2cccs2)C1. The second kappa shape index (κ2) is 9.08. The van der Waals surface area contributed by atoms with Crippen molar-refractivity contribution >= 4 is 33.7 Å². The molecule has 142 valence electrons. The first-order valence-corrected chi connectivity index (χ1v) is 10.2. The zero-order chi connectivity index (χ0) is 19.2. The molecule has 2 rings (SSSR count). The molecule has 10 heteroatoms. The van der Waals surface area contributed by atoms with Crippen LogP contribution in [0, 0.1) is 0 Å². The molecular weight excluding hydrogens is 378 g/mol. The van der Waals surface area contributed by atoms with E-state index in [1.54, 1.807) is 11.4 Å². The first-order valence-electron chi connectivity index (χ1n) is 7.86. The summed E-state index contributed by atoms with van der Waals surface area (Å²) in [6.07, 6.45) is 1.53. The van der Waals surface area contributed by atoms with E-state index in [0.717, 1.165) is 15.6 Å². The standard InChI is InChI=1S/C16H21N3O5S2/c1-3-7-17-16(21)24-13-10-18(8-4-2)14(20)12-19(11-13)26(22,23)15-6-5-9-25-15/h3-6,9,13H,1-2,7-8,10-12H2,(H-,17,21,22,23). The molecule has 0 bridgehead atoms. The van der Waals surface area contributed by atoms with E-state index in [1.807, 2.05) is 0 Å². The zero-order valence-corrected chi connectivity index (χ0v) is 15.8. The van der Waals surface area contributed by atoms with Crippen molar-refractivity contribution in [1.29, 1.82) is 0 Å². The first-order chi connectivity index (χ1) is 12.4. The van der Waals surface area contributed by atoms with Crippen molar-refractivity contribution < 1.29 is 23.1 Å². The fourth-order valence-electron chi connectivity index (χ4n) is 2.42. The van der Waals surface area contributed by atoms with E-state index in [2.05, 4.69) is 18.5 Å². The predicted octanol–water partition coefficient (Wildman–Crippen LogP) is 1.26. The zero-order valence-electron chi connectivity index (χ0n) is 14.2. The van der Waals surface area contributed by atoms with Gasteiger partial charge in [0.1, 0.15) is 12.6 Å². The number of hydrogen-bond donors (Lipinski definition) is 1. The molecule has 2 heterocycles. The van der Waals surface area contributed by atoms with Crippen LogP contribution in [0.1, 0.15) is 0 Å². The molecule has 0 spiro atoms. The molecule has 0 aromatic carbocycles. The maximum atomic E-state index is 12.8. The van der Waals surface area contributed by atoms with Crippen LogP contribution in [-0.2, 0) is 24.1 Å². The summed E-state index contributed by atoms with van der Waals surface area (Å²) in [5, 5.41) is 4.12. The van der Waals surface area contributed by atoms with Crippen molar-refractivity contribution in [2.45, 2.75) is 10.3 Å².